The van der Waals surface area contributed by atoms with Crippen LogP contribution < -0.4 is 10.1 Å². The van der Waals surface area contributed by atoms with Gasteiger partial charge in [0.2, 0.25) is 5.91 Å². The molecule has 0 bridgehead atoms. The summed E-state index contributed by atoms with van der Waals surface area (Å²) in [6, 6.07) is 7.84. The van der Waals surface area contributed by atoms with E-state index in [1.807, 2.05) is 44.3 Å². The number of hydrogen-bond acceptors (Lipinski definition) is 5. The maximum Gasteiger partial charge on any atom is 0.228 e. The van der Waals surface area contributed by atoms with Crippen LogP contribution in [0.4, 0.5) is 5.82 Å². The van der Waals surface area contributed by atoms with Gasteiger partial charge in [-0.1, -0.05) is 0 Å². The minimum absolute atomic E-state index is 0.0433. The summed E-state index contributed by atoms with van der Waals surface area (Å²) < 4.78 is 7.77. The molecule has 0 radical (unpaired) electrons. The summed E-state index contributed by atoms with van der Waals surface area (Å²) in [5.74, 6) is 1.70. The monoisotopic (exact) mass is 406 g/mol. The lowest BCUT2D eigenvalue weighted by Gasteiger charge is -2.24. The number of aromatic nitrogens is 3. The van der Waals surface area contributed by atoms with Crippen LogP contribution in [0.15, 0.2) is 36.7 Å². The molecule has 1 amide bonds. The van der Waals surface area contributed by atoms with Gasteiger partial charge in [-0.25, -0.2) is 4.52 Å². The van der Waals surface area contributed by atoms with Gasteiger partial charge in [0.05, 0.1) is 17.3 Å². The standard InChI is InChI=1S/C23H26N4O3/c1-14-9-19(20(12-24-14)30-13-23(2,29)17-5-6-17)16-7-8-27-18(10-16)11-21(26-27)25-22(28)15-3-4-15/h7-12,15,17,29H,3-6,13H2,1-2H3,(H,25,26,28)/t23-/m0/s1. The zero-order valence-corrected chi connectivity index (χ0v) is 17.3. The highest BCUT2D eigenvalue weighted by Crippen LogP contribution is 2.40. The van der Waals surface area contributed by atoms with E-state index in [1.165, 1.54) is 0 Å². The third-order valence-corrected chi connectivity index (χ3v) is 5.95. The van der Waals surface area contributed by atoms with Gasteiger partial charge in [0.25, 0.3) is 0 Å². The number of pyridine rings is 2. The van der Waals surface area contributed by atoms with Crippen molar-refractivity contribution in [3.8, 4) is 16.9 Å². The van der Waals surface area contributed by atoms with Crippen LogP contribution in [0.2, 0.25) is 0 Å². The number of nitrogens with one attached hydrogen (secondary N) is 1. The summed E-state index contributed by atoms with van der Waals surface area (Å²) in [5, 5.41) is 17.9. The predicted octanol–water partition coefficient (Wildman–Crippen LogP) is 3.59. The van der Waals surface area contributed by atoms with E-state index in [9.17, 15) is 9.90 Å². The fraction of sp³-hybridized carbons (Fsp3) is 0.435. The van der Waals surface area contributed by atoms with Gasteiger partial charge in [-0.05, 0) is 69.2 Å². The number of amides is 1. The van der Waals surface area contributed by atoms with Crippen molar-refractivity contribution in [1.82, 2.24) is 14.6 Å². The Hall–Kier alpha value is -2.93. The lowest BCUT2D eigenvalue weighted by atomic mass is 10.0. The highest BCUT2D eigenvalue weighted by molar-refractivity contribution is 5.93. The van der Waals surface area contributed by atoms with E-state index in [4.69, 9.17) is 4.74 Å². The van der Waals surface area contributed by atoms with Crippen LogP contribution in [-0.2, 0) is 4.79 Å². The Morgan fingerprint density at radius 2 is 2.10 bits per heavy atom. The van der Waals surface area contributed by atoms with Gasteiger partial charge in [-0.15, -0.1) is 0 Å². The Bertz CT molecular complexity index is 1110. The highest BCUT2D eigenvalue weighted by Gasteiger charge is 2.40. The predicted molar refractivity (Wildman–Crippen MR) is 113 cm³/mol. The van der Waals surface area contributed by atoms with Crippen LogP contribution in [0.5, 0.6) is 5.75 Å². The summed E-state index contributed by atoms with van der Waals surface area (Å²) in [6.45, 7) is 4.01. The molecule has 2 aliphatic carbocycles. The zero-order valence-electron chi connectivity index (χ0n) is 17.3. The summed E-state index contributed by atoms with van der Waals surface area (Å²) >= 11 is 0. The minimum atomic E-state index is -0.827. The van der Waals surface area contributed by atoms with Crippen molar-refractivity contribution in [2.45, 2.75) is 45.1 Å². The molecular weight excluding hydrogens is 380 g/mol. The molecule has 3 aromatic heterocycles. The van der Waals surface area contributed by atoms with Gasteiger partial charge in [0, 0.05) is 29.4 Å². The van der Waals surface area contributed by atoms with Crippen molar-refractivity contribution in [3.63, 3.8) is 0 Å². The molecular formula is C23H26N4O3. The molecule has 2 fully saturated rings. The number of carbonyl (C=O) groups excluding carboxylic acids is 1. The molecule has 1 atom stereocenters. The SMILES string of the molecule is Cc1cc(-c2ccn3nc(NC(=O)C4CC4)cc3c2)c(OC[C@](C)(O)C2CC2)cn1. The van der Waals surface area contributed by atoms with Crippen molar-refractivity contribution < 1.29 is 14.6 Å². The Morgan fingerprint density at radius 1 is 1.30 bits per heavy atom. The number of anilines is 1. The molecule has 3 aromatic rings. The zero-order chi connectivity index (χ0) is 20.9. The molecule has 3 heterocycles. The molecule has 5 rings (SSSR count). The lowest BCUT2D eigenvalue weighted by molar-refractivity contribution is -0.117. The Kier molecular flexibility index (Phi) is 4.50. The summed E-state index contributed by atoms with van der Waals surface area (Å²) in [4.78, 5) is 16.4. The molecule has 30 heavy (non-hydrogen) atoms. The molecule has 7 nitrogen and oxygen atoms in total. The molecule has 2 saturated carbocycles. The van der Waals surface area contributed by atoms with Gasteiger partial charge >= 0.3 is 0 Å². The summed E-state index contributed by atoms with van der Waals surface area (Å²) in [6.07, 6.45) is 7.61. The molecule has 2 N–H and O–H groups in total. The van der Waals surface area contributed by atoms with E-state index in [2.05, 4.69) is 15.4 Å². The molecule has 0 unspecified atom stereocenters. The first-order valence-electron chi connectivity index (χ1n) is 10.5. The van der Waals surface area contributed by atoms with Crippen LogP contribution in [0, 0.1) is 18.8 Å². The summed E-state index contributed by atoms with van der Waals surface area (Å²) in [5.41, 5.74) is 2.82. The van der Waals surface area contributed by atoms with Crippen LogP contribution in [0.3, 0.4) is 0 Å². The lowest BCUT2D eigenvalue weighted by Crippen LogP contribution is -2.34. The third-order valence-electron chi connectivity index (χ3n) is 5.95. The second kappa shape index (κ2) is 7.09. The molecule has 7 heteroatoms. The second-order valence-electron chi connectivity index (χ2n) is 8.82. The summed E-state index contributed by atoms with van der Waals surface area (Å²) in [7, 11) is 0. The van der Waals surface area contributed by atoms with Gasteiger partial charge in [-0.2, -0.15) is 5.10 Å². The quantitative estimate of drug-likeness (QED) is 0.626. The molecule has 2 aliphatic rings. The smallest absolute Gasteiger partial charge is 0.228 e. The first-order chi connectivity index (χ1) is 14.4. The first-order valence-corrected chi connectivity index (χ1v) is 10.5. The minimum Gasteiger partial charge on any atom is -0.488 e. The fourth-order valence-electron chi connectivity index (χ4n) is 3.73. The maximum atomic E-state index is 12.0. The molecule has 0 aromatic carbocycles. The van der Waals surface area contributed by atoms with Crippen molar-refractivity contribution in [2.24, 2.45) is 11.8 Å². The first kappa shape index (κ1) is 19.1. The van der Waals surface area contributed by atoms with Gasteiger partial charge in [0.15, 0.2) is 5.82 Å². The van der Waals surface area contributed by atoms with Gasteiger partial charge in [-0.3, -0.25) is 9.78 Å². The van der Waals surface area contributed by atoms with Crippen molar-refractivity contribution in [2.75, 3.05) is 11.9 Å². The molecule has 0 spiro atoms. The Morgan fingerprint density at radius 3 is 2.83 bits per heavy atom. The van der Waals surface area contributed by atoms with Crippen LogP contribution in [0.25, 0.3) is 16.6 Å². The van der Waals surface area contributed by atoms with Crippen LogP contribution in [-0.4, -0.2) is 37.8 Å². The van der Waals surface area contributed by atoms with Crippen molar-refractivity contribution >= 4 is 17.2 Å². The number of aliphatic hydroxyl groups is 1. The Labute approximate surface area is 175 Å². The van der Waals surface area contributed by atoms with Crippen molar-refractivity contribution in [1.29, 1.82) is 0 Å². The number of hydrogen-bond donors (Lipinski definition) is 2. The number of nitrogens with zero attached hydrogens (tertiary/aromatic N) is 3. The molecule has 0 aliphatic heterocycles. The van der Waals surface area contributed by atoms with E-state index < -0.39 is 5.60 Å². The topological polar surface area (TPSA) is 88.8 Å². The Balaban J connectivity index is 1.42. The number of ether oxygens (including phenoxy) is 1. The average molecular weight is 406 g/mol. The van der Waals surface area contributed by atoms with E-state index in [-0.39, 0.29) is 18.4 Å². The number of fused-ring (bicyclic) bond motifs is 1. The van der Waals surface area contributed by atoms with Crippen LogP contribution >= 0.6 is 0 Å². The average Bonchev–Trinajstić information content (AvgIpc) is 3.61. The largest absolute Gasteiger partial charge is 0.488 e. The van der Waals surface area contributed by atoms with E-state index in [0.29, 0.717) is 17.5 Å². The fourth-order valence-corrected chi connectivity index (χ4v) is 3.73. The normalized spacial score (nSPS) is 18.2. The number of rotatable bonds is 7. The van der Waals surface area contributed by atoms with Gasteiger partial charge < -0.3 is 15.2 Å². The van der Waals surface area contributed by atoms with E-state index in [1.54, 1.807) is 10.7 Å². The van der Waals surface area contributed by atoms with E-state index >= 15 is 0 Å². The van der Waals surface area contributed by atoms with Crippen molar-refractivity contribution in [3.05, 3.63) is 42.4 Å². The maximum absolute atomic E-state index is 12.0. The van der Waals surface area contributed by atoms with E-state index in [0.717, 1.165) is 48.0 Å². The second-order valence-corrected chi connectivity index (χ2v) is 8.82. The number of aryl methyl sites for hydroxylation is 1. The number of carbonyl (C=O) groups is 1. The van der Waals surface area contributed by atoms with Crippen LogP contribution in [0.1, 0.15) is 38.3 Å². The van der Waals surface area contributed by atoms with Gasteiger partial charge in [0.1, 0.15) is 12.4 Å². The molecule has 156 valence electrons. The third kappa shape index (κ3) is 3.89. The molecule has 0 saturated heterocycles. The highest BCUT2D eigenvalue weighted by atomic mass is 16.5.